The van der Waals surface area contributed by atoms with Crippen molar-refractivity contribution in [2.24, 2.45) is 5.73 Å². The summed E-state index contributed by atoms with van der Waals surface area (Å²) in [4.78, 5) is 11.2. The summed E-state index contributed by atoms with van der Waals surface area (Å²) in [6.07, 6.45) is -0.691. The van der Waals surface area contributed by atoms with Crippen LogP contribution in [0.1, 0.15) is 24.2 Å². The SMILES string of the molecule is Cc1ccccc1C(O)CNC(=O)[C@@H](C)N. The van der Waals surface area contributed by atoms with Crippen LogP contribution >= 0.6 is 0 Å². The van der Waals surface area contributed by atoms with E-state index >= 15 is 0 Å². The molecule has 0 spiro atoms. The van der Waals surface area contributed by atoms with Crippen molar-refractivity contribution in [3.8, 4) is 0 Å². The Bertz CT molecular complexity index is 364. The van der Waals surface area contributed by atoms with Crippen molar-refractivity contribution >= 4 is 5.91 Å². The summed E-state index contributed by atoms with van der Waals surface area (Å²) in [7, 11) is 0. The molecule has 1 aromatic carbocycles. The van der Waals surface area contributed by atoms with Gasteiger partial charge in [-0.1, -0.05) is 24.3 Å². The lowest BCUT2D eigenvalue weighted by Gasteiger charge is -2.15. The van der Waals surface area contributed by atoms with Crippen molar-refractivity contribution in [3.63, 3.8) is 0 Å². The third-order valence-corrected chi connectivity index (χ3v) is 2.43. The molecular formula is C12H18N2O2. The zero-order chi connectivity index (χ0) is 12.1. The lowest BCUT2D eigenvalue weighted by atomic mass is 10.0. The number of aliphatic hydroxyl groups is 1. The number of hydrogen-bond donors (Lipinski definition) is 3. The van der Waals surface area contributed by atoms with E-state index in [1.165, 1.54) is 0 Å². The third-order valence-electron chi connectivity index (χ3n) is 2.43. The number of aliphatic hydroxyl groups excluding tert-OH is 1. The highest BCUT2D eigenvalue weighted by Gasteiger charge is 2.12. The lowest BCUT2D eigenvalue weighted by molar-refractivity contribution is -0.122. The first kappa shape index (κ1) is 12.7. The van der Waals surface area contributed by atoms with E-state index in [0.717, 1.165) is 11.1 Å². The quantitative estimate of drug-likeness (QED) is 0.694. The van der Waals surface area contributed by atoms with Gasteiger partial charge in [0.15, 0.2) is 0 Å². The minimum Gasteiger partial charge on any atom is -0.387 e. The molecule has 88 valence electrons. The number of amides is 1. The van der Waals surface area contributed by atoms with Gasteiger partial charge in [-0.05, 0) is 25.0 Å². The molecule has 0 saturated heterocycles. The second kappa shape index (κ2) is 5.63. The Morgan fingerprint density at radius 1 is 1.50 bits per heavy atom. The van der Waals surface area contributed by atoms with Gasteiger partial charge in [0.2, 0.25) is 5.91 Å². The van der Waals surface area contributed by atoms with E-state index in [1.54, 1.807) is 6.92 Å². The Balaban J connectivity index is 2.56. The molecule has 1 rings (SSSR count). The van der Waals surface area contributed by atoms with Crippen LogP contribution < -0.4 is 11.1 Å². The van der Waals surface area contributed by atoms with Crippen molar-refractivity contribution in [1.29, 1.82) is 0 Å². The highest BCUT2D eigenvalue weighted by atomic mass is 16.3. The van der Waals surface area contributed by atoms with Gasteiger partial charge in [-0.15, -0.1) is 0 Å². The predicted octanol–water partition coefficient (Wildman–Crippen LogP) is 0.492. The van der Waals surface area contributed by atoms with Crippen LogP contribution in [0.15, 0.2) is 24.3 Å². The molecule has 0 aliphatic carbocycles. The largest absolute Gasteiger partial charge is 0.387 e. The molecule has 1 amide bonds. The van der Waals surface area contributed by atoms with Gasteiger partial charge in [-0.25, -0.2) is 0 Å². The number of nitrogens with one attached hydrogen (secondary N) is 1. The molecule has 0 saturated carbocycles. The fourth-order valence-electron chi connectivity index (χ4n) is 1.43. The smallest absolute Gasteiger partial charge is 0.236 e. The van der Waals surface area contributed by atoms with Gasteiger partial charge in [0.1, 0.15) is 0 Å². The molecule has 0 heterocycles. The van der Waals surface area contributed by atoms with Gasteiger partial charge in [0.25, 0.3) is 0 Å². The molecule has 2 atom stereocenters. The average molecular weight is 222 g/mol. The Kier molecular flexibility index (Phi) is 4.46. The first-order chi connectivity index (χ1) is 7.52. The highest BCUT2D eigenvalue weighted by Crippen LogP contribution is 2.15. The van der Waals surface area contributed by atoms with E-state index in [9.17, 15) is 9.90 Å². The molecule has 0 aromatic heterocycles. The molecule has 1 unspecified atom stereocenters. The Hall–Kier alpha value is -1.39. The second-order valence-electron chi connectivity index (χ2n) is 3.91. The molecule has 4 heteroatoms. The van der Waals surface area contributed by atoms with Crippen molar-refractivity contribution in [2.75, 3.05) is 6.54 Å². The first-order valence-electron chi connectivity index (χ1n) is 5.29. The van der Waals surface area contributed by atoms with Crippen molar-refractivity contribution in [1.82, 2.24) is 5.32 Å². The molecule has 0 fully saturated rings. The normalized spacial score (nSPS) is 14.2. The lowest BCUT2D eigenvalue weighted by Crippen LogP contribution is -2.40. The molecule has 4 nitrogen and oxygen atoms in total. The van der Waals surface area contributed by atoms with Crippen LogP contribution in [0.25, 0.3) is 0 Å². The fourth-order valence-corrected chi connectivity index (χ4v) is 1.43. The van der Waals surface area contributed by atoms with E-state index in [-0.39, 0.29) is 12.5 Å². The van der Waals surface area contributed by atoms with Crippen LogP contribution in [0.4, 0.5) is 0 Å². The Labute approximate surface area is 95.5 Å². The maximum atomic E-state index is 11.2. The van der Waals surface area contributed by atoms with Crippen molar-refractivity contribution in [3.05, 3.63) is 35.4 Å². The summed E-state index contributed by atoms with van der Waals surface area (Å²) in [5.41, 5.74) is 7.23. The van der Waals surface area contributed by atoms with Crippen LogP contribution in [-0.4, -0.2) is 23.6 Å². The fraction of sp³-hybridized carbons (Fsp3) is 0.417. The Morgan fingerprint density at radius 2 is 2.12 bits per heavy atom. The standard InChI is InChI=1S/C12H18N2O2/c1-8-5-3-4-6-10(8)11(15)7-14-12(16)9(2)13/h3-6,9,11,15H,7,13H2,1-2H3,(H,14,16)/t9-,11?/m1/s1. The maximum absolute atomic E-state index is 11.2. The van der Waals surface area contributed by atoms with Gasteiger partial charge in [0.05, 0.1) is 12.1 Å². The van der Waals surface area contributed by atoms with E-state index in [1.807, 2.05) is 31.2 Å². The van der Waals surface area contributed by atoms with Gasteiger partial charge < -0.3 is 16.2 Å². The van der Waals surface area contributed by atoms with E-state index in [2.05, 4.69) is 5.32 Å². The first-order valence-corrected chi connectivity index (χ1v) is 5.29. The number of carbonyl (C=O) groups excluding carboxylic acids is 1. The van der Waals surface area contributed by atoms with Crippen molar-refractivity contribution < 1.29 is 9.90 Å². The van der Waals surface area contributed by atoms with Crippen LogP contribution in [0.5, 0.6) is 0 Å². The van der Waals surface area contributed by atoms with Crippen LogP contribution in [0.2, 0.25) is 0 Å². The van der Waals surface area contributed by atoms with E-state index < -0.39 is 12.1 Å². The summed E-state index contributed by atoms with van der Waals surface area (Å²) in [6, 6.07) is 6.98. The van der Waals surface area contributed by atoms with Crippen LogP contribution in [-0.2, 0) is 4.79 Å². The monoisotopic (exact) mass is 222 g/mol. The maximum Gasteiger partial charge on any atom is 0.236 e. The van der Waals surface area contributed by atoms with Gasteiger partial charge in [0, 0.05) is 6.54 Å². The molecule has 16 heavy (non-hydrogen) atoms. The molecule has 0 aliphatic heterocycles. The molecule has 4 N–H and O–H groups in total. The molecule has 0 aliphatic rings. The topological polar surface area (TPSA) is 75.3 Å². The minimum absolute atomic E-state index is 0.186. The predicted molar refractivity (Wildman–Crippen MR) is 62.8 cm³/mol. The number of rotatable bonds is 4. The Morgan fingerprint density at radius 3 is 2.69 bits per heavy atom. The zero-order valence-electron chi connectivity index (χ0n) is 9.60. The van der Waals surface area contributed by atoms with Gasteiger partial charge in [-0.2, -0.15) is 0 Å². The minimum atomic E-state index is -0.691. The number of carbonyl (C=O) groups is 1. The molecular weight excluding hydrogens is 204 g/mol. The number of nitrogens with two attached hydrogens (primary N) is 1. The average Bonchev–Trinajstić information content (AvgIpc) is 2.25. The van der Waals surface area contributed by atoms with Crippen molar-refractivity contribution in [2.45, 2.75) is 26.0 Å². The number of hydrogen-bond acceptors (Lipinski definition) is 3. The third kappa shape index (κ3) is 3.32. The molecule has 0 bridgehead atoms. The van der Waals surface area contributed by atoms with E-state index in [0.29, 0.717) is 0 Å². The zero-order valence-corrected chi connectivity index (χ0v) is 9.60. The summed E-state index contributed by atoms with van der Waals surface area (Å²) in [6.45, 7) is 3.71. The molecule has 0 radical (unpaired) electrons. The van der Waals surface area contributed by atoms with Gasteiger partial charge in [-0.3, -0.25) is 4.79 Å². The summed E-state index contributed by atoms with van der Waals surface area (Å²) in [5, 5.41) is 12.5. The van der Waals surface area contributed by atoms with Crippen LogP contribution in [0, 0.1) is 6.92 Å². The summed E-state index contributed by atoms with van der Waals surface area (Å²) >= 11 is 0. The second-order valence-corrected chi connectivity index (χ2v) is 3.91. The van der Waals surface area contributed by atoms with Crippen LogP contribution in [0.3, 0.4) is 0 Å². The molecule has 1 aromatic rings. The number of aryl methyl sites for hydroxylation is 1. The van der Waals surface area contributed by atoms with E-state index in [4.69, 9.17) is 5.73 Å². The summed E-state index contributed by atoms with van der Waals surface area (Å²) < 4.78 is 0. The highest BCUT2D eigenvalue weighted by molar-refractivity contribution is 5.80. The van der Waals surface area contributed by atoms with Gasteiger partial charge >= 0.3 is 0 Å². The summed E-state index contributed by atoms with van der Waals surface area (Å²) in [5.74, 6) is -0.257. The number of benzene rings is 1.